The van der Waals surface area contributed by atoms with E-state index in [-0.39, 0.29) is 0 Å². The van der Waals surface area contributed by atoms with Crippen molar-refractivity contribution in [2.24, 2.45) is 5.41 Å². The van der Waals surface area contributed by atoms with Crippen molar-refractivity contribution in [3.63, 3.8) is 0 Å². The van der Waals surface area contributed by atoms with E-state index in [1.165, 1.54) is 32.2 Å². The van der Waals surface area contributed by atoms with E-state index in [1.807, 2.05) is 19.9 Å². The van der Waals surface area contributed by atoms with Gasteiger partial charge in [-0.1, -0.05) is 0 Å². The predicted molar refractivity (Wildman–Crippen MR) is 72.7 cm³/mol. The Morgan fingerprint density at radius 1 is 1.28 bits per heavy atom. The van der Waals surface area contributed by atoms with E-state index in [9.17, 15) is 0 Å². The molecule has 0 bridgehead atoms. The van der Waals surface area contributed by atoms with Crippen molar-refractivity contribution in [3.8, 4) is 0 Å². The molecule has 0 radical (unpaired) electrons. The Hall–Kier alpha value is -1.16. The lowest BCUT2D eigenvalue weighted by atomic mass is 9.89. The van der Waals surface area contributed by atoms with Crippen LogP contribution in [0.15, 0.2) is 6.07 Å². The summed E-state index contributed by atoms with van der Waals surface area (Å²) in [6.07, 6.45) is 5.55. The first-order valence-corrected chi connectivity index (χ1v) is 6.95. The number of nitrogens with zero attached hydrogens (tertiary/aromatic N) is 2. The van der Waals surface area contributed by atoms with Crippen molar-refractivity contribution < 1.29 is 0 Å². The minimum Gasteiger partial charge on any atom is -0.353 e. The second kappa shape index (κ2) is 4.50. The molecule has 1 aromatic rings. The van der Waals surface area contributed by atoms with E-state index in [1.54, 1.807) is 0 Å². The molecule has 1 spiro atoms. The van der Waals surface area contributed by atoms with E-state index in [0.29, 0.717) is 11.5 Å². The van der Waals surface area contributed by atoms with Crippen LogP contribution in [0.3, 0.4) is 0 Å². The molecular weight excluding hydrogens is 224 g/mol. The van der Waals surface area contributed by atoms with Gasteiger partial charge in [0, 0.05) is 24.0 Å². The summed E-state index contributed by atoms with van der Waals surface area (Å²) in [7, 11) is 0. The molecule has 3 rings (SSSR count). The monoisotopic (exact) mass is 246 g/mol. The SMILES string of the molecule is Cc1cc(C)nc(NC[C@@H]2CC3(CCN2)CC3)n1. The van der Waals surface area contributed by atoms with Gasteiger partial charge in [-0.3, -0.25) is 0 Å². The van der Waals surface area contributed by atoms with Crippen molar-refractivity contribution in [1.82, 2.24) is 15.3 Å². The number of nitrogens with one attached hydrogen (secondary N) is 2. The molecule has 98 valence electrons. The highest BCUT2D eigenvalue weighted by Crippen LogP contribution is 2.53. The van der Waals surface area contributed by atoms with Gasteiger partial charge in [0.25, 0.3) is 0 Å². The van der Waals surface area contributed by atoms with Gasteiger partial charge in [-0.15, -0.1) is 0 Å². The lowest BCUT2D eigenvalue weighted by Crippen LogP contribution is -2.43. The number of hydrogen-bond donors (Lipinski definition) is 2. The summed E-state index contributed by atoms with van der Waals surface area (Å²) in [5.74, 6) is 0.768. The molecule has 4 heteroatoms. The summed E-state index contributed by atoms with van der Waals surface area (Å²) in [4.78, 5) is 8.84. The third-order valence-electron chi connectivity index (χ3n) is 4.21. The Kier molecular flexibility index (Phi) is 2.98. The van der Waals surface area contributed by atoms with Crippen molar-refractivity contribution in [3.05, 3.63) is 17.5 Å². The van der Waals surface area contributed by atoms with Gasteiger partial charge in [-0.05, 0) is 57.6 Å². The second-order valence-corrected chi connectivity index (χ2v) is 5.96. The Balaban J connectivity index is 1.57. The van der Waals surface area contributed by atoms with Crippen LogP contribution >= 0.6 is 0 Å². The minimum atomic E-state index is 0.575. The topological polar surface area (TPSA) is 49.8 Å². The molecule has 1 aromatic heterocycles. The smallest absolute Gasteiger partial charge is 0.223 e. The van der Waals surface area contributed by atoms with Gasteiger partial charge in [0.1, 0.15) is 0 Å². The number of hydrogen-bond acceptors (Lipinski definition) is 4. The van der Waals surface area contributed by atoms with Crippen LogP contribution in [-0.2, 0) is 0 Å². The Bertz CT molecular complexity index is 419. The molecule has 1 aliphatic heterocycles. The van der Waals surface area contributed by atoms with E-state index < -0.39 is 0 Å². The normalized spacial score (nSPS) is 25.1. The fraction of sp³-hybridized carbons (Fsp3) is 0.714. The minimum absolute atomic E-state index is 0.575. The maximum Gasteiger partial charge on any atom is 0.223 e. The third kappa shape index (κ3) is 2.64. The number of piperidine rings is 1. The van der Waals surface area contributed by atoms with Gasteiger partial charge in [0.05, 0.1) is 0 Å². The fourth-order valence-corrected chi connectivity index (χ4v) is 3.03. The van der Waals surface area contributed by atoms with Crippen LogP contribution in [0.4, 0.5) is 5.95 Å². The highest BCUT2D eigenvalue weighted by Gasteiger charge is 2.45. The van der Waals surface area contributed by atoms with E-state index in [4.69, 9.17) is 0 Å². The standard InChI is InChI=1S/C14H22N4/c1-10-7-11(2)18-13(17-10)16-9-12-8-14(3-4-14)5-6-15-12/h7,12,15H,3-6,8-9H2,1-2H3,(H,16,17,18)/t12-/m0/s1. The van der Waals surface area contributed by atoms with E-state index in [0.717, 1.165) is 23.9 Å². The molecule has 0 amide bonds. The zero-order valence-electron chi connectivity index (χ0n) is 11.3. The van der Waals surface area contributed by atoms with Crippen molar-refractivity contribution in [2.75, 3.05) is 18.4 Å². The van der Waals surface area contributed by atoms with Gasteiger partial charge in [-0.2, -0.15) is 0 Å². The maximum absolute atomic E-state index is 4.42. The molecule has 2 heterocycles. The highest BCUT2D eigenvalue weighted by molar-refractivity contribution is 5.28. The van der Waals surface area contributed by atoms with Gasteiger partial charge < -0.3 is 10.6 Å². The van der Waals surface area contributed by atoms with Crippen LogP contribution in [0.25, 0.3) is 0 Å². The largest absolute Gasteiger partial charge is 0.353 e. The number of aryl methyl sites for hydroxylation is 2. The average Bonchev–Trinajstić information content (AvgIpc) is 3.05. The molecule has 4 nitrogen and oxygen atoms in total. The first-order valence-electron chi connectivity index (χ1n) is 6.95. The molecule has 2 N–H and O–H groups in total. The van der Waals surface area contributed by atoms with Crippen LogP contribution in [-0.4, -0.2) is 29.1 Å². The summed E-state index contributed by atoms with van der Waals surface area (Å²) in [5, 5.41) is 6.97. The molecule has 2 aliphatic rings. The van der Waals surface area contributed by atoms with E-state index >= 15 is 0 Å². The fourth-order valence-electron chi connectivity index (χ4n) is 3.03. The summed E-state index contributed by atoms with van der Waals surface area (Å²) < 4.78 is 0. The summed E-state index contributed by atoms with van der Waals surface area (Å²) >= 11 is 0. The summed E-state index contributed by atoms with van der Waals surface area (Å²) in [6, 6.07) is 2.58. The molecular formula is C14H22N4. The number of rotatable bonds is 3. The van der Waals surface area contributed by atoms with Crippen LogP contribution in [0, 0.1) is 19.3 Å². The molecule has 1 saturated carbocycles. The maximum atomic E-state index is 4.42. The lowest BCUT2D eigenvalue weighted by molar-refractivity contribution is 0.290. The summed E-state index contributed by atoms with van der Waals surface area (Å²) in [6.45, 7) is 6.13. The van der Waals surface area contributed by atoms with Gasteiger partial charge in [-0.25, -0.2) is 9.97 Å². The van der Waals surface area contributed by atoms with Gasteiger partial charge in [0.15, 0.2) is 0 Å². The zero-order chi connectivity index (χ0) is 12.6. The first-order chi connectivity index (χ1) is 8.65. The van der Waals surface area contributed by atoms with Gasteiger partial charge in [0.2, 0.25) is 5.95 Å². The van der Waals surface area contributed by atoms with Crippen molar-refractivity contribution in [2.45, 2.75) is 45.6 Å². The first kappa shape index (κ1) is 11.9. The molecule has 18 heavy (non-hydrogen) atoms. The molecule has 0 aromatic carbocycles. The number of aromatic nitrogens is 2. The summed E-state index contributed by atoms with van der Waals surface area (Å²) in [5.41, 5.74) is 2.75. The zero-order valence-corrected chi connectivity index (χ0v) is 11.3. The lowest BCUT2D eigenvalue weighted by Gasteiger charge is -2.30. The third-order valence-corrected chi connectivity index (χ3v) is 4.21. The van der Waals surface area contributed by atoms with E-state index in [2.05, 4.69) is 20.6 Å². The Labute approximate surface area is 109 Å². The highest BCUT2D eigenvalue weighted by atomic mass is 15.1. The van der Waals surface area contributed by atoms with Crippen molar-refractivity contribution >= 4 is 5.95 Å². The molecule has 1 aliphatic carbocycles. The second-order valence-electron chi connectivity index (χ2n) is 5.96. The molecule has 1 saturated heterocycles. The van der Waals surface area contributed by atoms with Crippen LogP contribution < -0.4 is 10.6 Å². The molecule has 2 fully saturated rings. The van der Waals surface area contributed by atoms with Gasteiger partial charge >= 0.3 is 0 Å². The Morgan fingerprint density at radius 2 is 2.00 bits per heavy atom. The predicted octanol–water partition coefficient (Wildman–Crippen LogP) is 2.04. The Morgan fingerprint density at radius 3 is 2.67 bits per heavy atom. The quantitative estimate of drug-likeness (QED) is 0.857. The van der Waals surface area contributed by atoms with Crippen LogP contribution in [0.1, 0.15) is 37.1 Å². The molecule has 1 atom stereocenters. The van der Waals surface area contributed by atoms with Crippen molar-refractivity contribution in [1.29, 1.82) is 0 Å². The van der Waals surface area contributed by atoms with Crippen LogP contribution in [0.5, 0.6) is 0 Å². The van der Waals surface area contributed by atoms with Crippen LogP contribution in [0.2, 0.25) is 0 Å². The number of anilines is 1. The molecule has 0 unspecified atom stereocenters. The average molecular weight is 246 g/mol.